The molecule has 2 amide bonds. The fraction of sp³-hybridized carbons (Fsp3) is 0.368. The number of thiazole rings is 1. The second-order valence-electron chi connectivity index (χ2n) is 7.30. The van der Waals surface area contributed by atoms with Gasteiger partial charge in [0.15, 0.2) is 0 Å². The van der Waals surface area contributed by atoms with Crippen LogP contribution in [0.25, 0.3) is 10.6 Å². The zero-order valence-electron chi connectivity index (χ0n) is 15.9. The lowest BCUT2D eigenvalue weighted by Gasteiger charge is -2.12. The summed E-state index contributed by atoms with van der Waals surface area (Å²) in [5, 5.41) is 18.1. The van der Waals surface area contributed by atoms with Gasteiger partial charge in [0.25, 0.3) is 0 Å². The monoisotopic (exact) mass is 401 g/mol. The van der Waals surface area contributed by atoms with Gasteiger partial charge in [0.1, 0.15) is 10.0 Å². The minimum atomic E-state index is -0.277. The van der Waals surface area contributed by atoms with Crippen molar-refractivity contribution in [3.05, 3.63) is 45.9 Å². The molecule has 0 saturated carbocycles. The summed E-state index contributed by atoms with van der Waals surface area (Å²) >= 11 is 3.01. The molecule has 6 nitrogen and oxygen atoms in total. The Labute approximate surface area is 167 Å². The van der Waals surface area contributed by atoms with Crippen LogP contribution in [0.3, 0.4) is 0 Å². The van der Waals surface area contributed by atoms with Crippen molar-refractivity contribution in [1.29, 1.82) is 0 Å². The van der Waals surface area contributed by atoms with Crippen molar-refractivity contribution in [2.24, 2.45) is 0 Å². The third-order valence-corrected chi connectivity index (χ3v) is 6.01. The number of carbonyl (C=O) groups excluding carboxylic acids is 1. The Bertz CT molecular complexity index is 909. The second-order valence-corrected chi connectivity index (χ2v) is 9.14. The standard InChI is InChI=1S/C19H23N5OS2/c1-12-5-7-13(8-6-12)15-21-14(11-26-15)9-10-20-17(25)22-18-24-23-16(27-18)19(2,3)4/h5-8,11H,9-10H2,1-4H3,(H2,20,22,24,25). The number of rotatable bonds is 5. The van der Waals surface area contributed by atoms with Crippen LogP contribution in [-0.4, -0.2) is 27.8 Å². The number of nitrogens with one attached hydrogen (secondary N) is 2. The largest absolute Gasteiger partial charge is 0.337 e. The predicted octanol–water partition coefficient (Wildman–Crippen LogP) is 4.63. The maximum absolute atomic E-state index is 12.0. The predicted molar refractivity (Wildman–Crippen MR) is 112 cm³/mol. The van der Waals surface area contributed by atoms with Gasteiger partial charge >= 0.3 is 6.03 Å². The van der Waals surface area contributed by atoms with Gasteiger partial charge in [-0.15, -0.1) is 21.5 Å². The van der Waals surface area contributed by atoms with Gasteiger partial charge < -0.3 is 5.32 Å². The summed E-state index contributed by atoms with van der Waals surface area (Å²) in [6, 6.07) is 8.05. The van der Waals surface area contributed by atoms with E-state index in [9.17, 15) is 4.79 Å². The molecule has 3 rings (SSSR count). The molecular weight excluding hydrogens is 378 g/mol. The Morgan fingerprint density at radius 2 is 1.89 bits per heavy atom. The minimum Gasteiger partial charge on any atom is -0.337 e. The summed E-state index contributed by atoms with van der Waals surface area (Å²) in [6.45, 7) is 8.77. The van der Waals surface area contributed by atoms with Gasteiger partial charge in [0, 0.05) is 29.3 Å². The van der Waals surface area contributed by atoms with Crippen molar-refractivity contribution in [3.63, 3.8) is 0 Å². The molecule has 0 radical (unpaired) electrons. The number of aromatic nitrogens is 3. The maximum atomic E-state index is 12.0. The van der Waals surface area contributed by atoms with Crippen molar-refractivity contribution in [3.8, 4) is 10.6 Å². The maximum Gasteiger partial charge on any atom is 0.321 e. The Balaban J connectivity index is 1.48. The zero-order valence-corrected chi connectivity index (χ0v) is 17.5. The molecule has 0 unspecified atom stereocenters. The van der Waals surface area contributed by atoms with Gasteiger partial charge in [0.05, 0.1) is 5.69 Å². The highest BCUT2D eigenvalue weighted by molar-refractivity contribution is 7.15. The van der Waals surface area contributed by atoms with E-state index >= 15 is 0 Å². The number of carbonyl (C=O) groups is 1. The van der Waals surface area contributed by atoms with Crippen molar-refractivity contribution in [2.45, 2.75) is 39.5 Å². The van der Waals surface area contributed by atoms with E-state index in [1.807, 2.05) is 5.38 Å². The number of amides is 2. The lowest BCUT2D eigenvalue weighted by Crippen LogP contribution is -2.30. The zero-order chi connectivity index (χ0) is 19.4. The molecule has 2 heterocycles. The van der Waals surface area contributed by atoms with Gasteiger partial charge in [-0.2, -0.15) is 0 Å². The molecule has 0 fully saturated rings. The number of hydrogen-bond acceptors (Lipinski definition) is 6. The van der Waals surface area contributed by atoms with Crippen LogP contribution in [0.2, 0.25) is 0 Å². The summed E-state index contributed by atoms with van der Waals surface area (Å²) in [5.41, 5.74) is 3.25. The van der Waals surface area contributed by atoms with E-state index in [1.165, 1.54) is 16.9 Å². The normalized spacial score (nSPS) is 11.4. The number of nitrogens with zero attached hydrogens (tertiary/aromatic N) is 3. The molecule has 142 valence electrons. The highest BCUT2D eigenvalue weighted by Gasteiger charge is 2.19. The first kappa shape index (κ1) is 19.4. The summed E-state index contributed by atoms with van der Waals surface area (Å²) in [6.07, 6.45) is 0.680. The van der Waals surface area contributed by atoms with Gasteiger partial charge in [-0.1, -0.05) is 61.9 Å². The van der Waals surface area contributed by atoms with Crippen molar-refractivity contribution < 1.29 is 4.79 Å². The van der Waals surface area contributed by atoms with Crippen LogP contribution in [0.5, 0.6) is 0 Å². The summed E-state index contributed by atoms with van der Waals surface area (Å²) in [5.74, 6) is 0. The average molecular weight is 402 g/mol. The van der Waals surface area contributed by atoms with Gasteiger partial charge in [-0.25, -0.2) is 9.78 Å². The number of urea groups is 1. The fourth-order valence-electron chi connectivity index (χ4n) is 2.27. The lowest BCUT2D eigenvalue weighted by molar-refractivity contribution is 0.252. The van der Waals surface area contributed by atoms with Crippen LogP contribution in [0, 0.1) is 6.92 Å². The molecular formula is C19H23N5OS2. The molecule has 0 aliphatic rings. The van der Waals surface area contributed by atoms with Crippen LogP contribution in [0.4, 0.5) is 9.93 Å². The number of anilines is 1. The first-order valence-corrected chi connectivity index (χ1v) is 10.4. The molecule has 0 aliphatic carbocycles. The van der Waals surface area contributed by atoms with Crippen molar-refractivity contribution >= 4 is 33.8 Å². The highest BCUT2D eigenvalue weighted by Crippen LogP contribution is 2.27. The minimum absolute atomic E-state index is 0.0755. The van der Waals surface area contributed by atoms with Gasteiger partial charge in [0.2, 0.25) is 5.13 Å². The quantitative estimate of drug-likeness (QED) is 0.653. The topological polar surface area (TPSA) is 79.8 Å². The van der Waals surface area contributed by atoms with Crippen LogP contribution >= 0.6 is 22.7 Å². The molecule has 0 spiro atoms. The number of hydrogen-bond donors (Lipinski definition) is 2. The average Bonchev–Trinajstić information content (AvgIpc) is 3.25. The second kappa shape index (κ2) is 8.14. The molecule has 1 aromatic carbocycles. The molecule has 2 aromatic heterocycles. The van der Waals surface area contributed by atoms with E-state index in [0.717, 1.165) is 21.3 Å². The summed E-state index contributed by atoms with van der Waals surface area (Å²) in [7, 11) is 0. The molecule has 8 heteroatoms. The Morgan fingerprint density at radius 1 is 1.15 bits per heavy atom. The molecule has 27 heavy (non-hydrogen) atoms. The fourth-order valence-corrected chi connectivity index (χ4v) is 3.93. The van der Waals surface area contributed by atoms with Crippen LogP contribution in [-0.2, 0) is 11.8 Å². The van der Waals surface area contributed by atoms with Gasteiger partial charge in [-0.3, -0.25) is 5.32 Å². The van der Waals surface area contributed by atoms with Crippen LogP contribution < -0.4 is 10.6 Å². The molecule has 0 aliphatic heterocycles. The SMILES string of the molecule is Cc1ccc(-c2nc(CCNC(=O)Nc3nnc(C(C)(C)C)s3)cs2)cc1. The summed E-state index contributed by atoms with van der Waals surface area (Å²) < 4.78 is 0. The lowest BCUT2D eigenvalue weighted by atomic mass is 9.98. The van der Waals surface area contributed by atoms with E-state index in [0.29, 0.717) is 18.1 Å². The van der Waals surface area contributed by atoms with Gasteiger partial charge in [-0.05, 0) is 6.92 Å². The van der Waals surface area contributed by atoms with E-state index in [-0.39, 0.29) is 11.4 Å². The van der Waals surface area contributed by atoms with E-state index in [4.69, 9.17) is 0 Å². The first-order valence-electron chi connectivity index (χ1n) is 8.71. The first-order chi connectivity index (χ1) is 12.8. The van der Waals surface area contributed by atoms with E-state index in [1.54, 1.807) is 11.3 Å². The molecule has 0 saturated heterocycles. The highest BCUT2D eigenvalue weighted by atomic mass is 32.1. The summed E-state index contributed by atoms with van der Waals surface area (Å²) in [4.78, 5) is 16.7. The van der Waals surface area contributed by atoms with Crippen molar-refractivity contribution in [2.75, 3.05) is 11.9 Å². The third kappa shape index (κ3) is 5.33. The smallest absolute Gasteiger partial charge is 0.321 e. The Morgan fingerprint density at radius 3 is 2.56 bits per heavy atom. The van der Waals surface area contributed by atoms with Crippen molar-refractivity contribution in [1.82, 2.24) is 20.5 Å². The molecule has 2 N–H and O–H groups in total. The molecule has 0 atom stereocenters. The number of aryl methyl sites for hydroxylation is 1. The molecule has 0 bridgehead atoms. The third-order valence-electron chi connectivity index (χ3n) is 3.80. The van der Waals surface area contributed by atoms with E-state index < -0.39 is 0 Å². The molecule has 3 aromatic rings. The van der Waals surface area contributed by atoms with E-state index in [2.05, 4.69) is 77.8 Å². The van der Waals surface area contributed by atoms with Crippen LogP contribution in [0.1, 0.15) is 37.0 Å². The Kier molecular flexibility index (Phi) is 5.86. The Hall–Kier alpha value is -2.32. The number of benzene rings is 1. The van der Waals surface area contributed by atoms with Crippen LogP contribution in [0.15, 0.2) is 29.6 Å².